The molecule has 0 bridgehead atoms. The van der Waals surface area contributed by atoms with E-state index in [1.165, 1.54) is 17.8 Å². The second-order valence-corrected chi connectivity index (χ2v) is 7.65. The Kier molecular flexibility index (Phi) is 6.18. The van der Waals surface area contributed by atoms with Gasteiger partial charge in [0.1, 0.15) is 5.56 Å². The van der Waals surface area contributed by atoms with Gasteiger partial charge in [0.05, 0.1) is 17.5 Å². The molecule has 1 saturated heterocycles. The molecular formula is C23H19F3N4O4. The molecule has 3 aromatic rings. The molecule has 1 amide bonds. The molecule has 34 heavy (non-hydrogen) atoms. The molecule has 11 heteroatoms. The zero-order chi connectivity index (χ0) is 24.5. The van der Waals surface area contributed by atoms with Gasteiger partial charge in [-0.1, -0.05) is 0 Å². The van der Waals surface area contributed by atoms with Crippen LogP contribution in [0.3, 0.4) is 0 Å². The van der Waals surface area contributed by atoms with Crippen LogP contribution in [0.4, 0.5) is 18.9 Å². The van der Waals surface area contributed by atoms with E-state index in [2.05, 4.69) is 10.1 Å². The first-order valence-corrected chi connectivity index (χ1v) is 10.3. The number of benzene rings is 1. The van der Waals surface area contributed by atoms with Gasteiger partial charge in [0.2, 0.25) is 5.91 Å². The fraction of sp³-hybridized carbons (Fsp3) is 0.261. The molecule has 0 atom stereocenters. The number of Topliss-reactive ketones (excluding diaryl/α,β-unsaturated/α-hetero) is 1. The van der Waals surface area contributed by atoms with Crippen molar-refractivity contribution in [2.24, 2.45) is 0 Å². The lowest BCUT2D eigenvalue weighted by molar-refractivity contribution is -0.137. The summed E-state index contributed by atoms with van der Waals surface area (Å²) in [7, 11) is 0. The maximum absolute atomic E-state index is 12.7. The number of aromatic nitrogens is 3. The molecule has 0 N–H and O–H groups in total. The molecule has 0 saturated carbocycles. The highest BCUT2D eigenvalue weighted by molar-refractivity contribution is 6.00. The van der Waals surface area contributed by atoms with Crippen LogP contribution in [0.25, 0.3) is 5.82 Å². The van der Waals surface area contributed by atoms with Crippen molar-refractivity contribution in [1.82, 2.24) is 14.8 Å². The van der Waals surface area contributed by atoms with Gasteiger partial charge in [-0.3, -0.25) is 9.59 Å². The highest BCUT2D eigenvalue weighted by Crippen LogP contribution is 2.29. The van der Waals surface area contributed by atoms with Crippen molar-refractivity contribution in [2.45, 2.75) is 25.9 Å². The summed E-state index contributed by atoms with van der Waals surface area (Å²) in [6.45, 7) is 1.66. The molecule has 1 fully saturated rings. The zero-order valence-corrected chi connectivity index (χ0v) is 18.0. The number of alkyl halides is 3. The van der Waals surface area contributed by atoms with Crippen molar-refractivity contribution in [3.8, 4) is 5.82 Å². The van der Waals surface area contributed by atoms with E-state index >= 15 is 0 Å². The average molecular weight is 472 g/mol. The van der Waals surface area contributed by atoms with Gasteiger partial charge < -0.3 is 9.64 Å². The van der Waals surface area contributed by atoms with Crippen LogP contribution < -0.4 is 4.90 Å². The minimum atomic E-state index is -4.52. The number of rotatable bonds is 6. The summed E-state index contributed by atoms with van der Waals surface area (Å²) in [4.78, 5) is 42.1. The number of hydrogen-bond acceptors (Lipinski definition) is 6. The van der Waals surface area contributed by atoms with Gasteiger partial charge in [-0.05, 0) is 49.7 Å². The van der Waals surface area contributed by atoms with Crippen molar-refractivity contribution < 1.29 is 32.3 Å². The first-order valence-electron chi connectivity index (χ1n) is 10.3. The molecular weight excluding hydrogens is 453 g/mol. The number of hydrogen-bond donors (Lipinski definition) is 0. The van der Waals surface area contributed by atoms with Gasteiger partial charge >= 0.3 is 12.1 Å². The minimum absolute atomic E-state index is 0.0374. The van der Waals surface area contributed by atoms with E-state index in [1.54, 1.807) is 29.2 Å². The lowest BCUT2D eigenvalue weighted by Gasteiger charge is -2.15. The predicted molar refractivity (Wildman–Crippen MR) is 114 cm³/mol. The van der Waals surface area contributed by atoms with Gasteiger partial charge in [-0.15, -0.1) is 0 Å². The molecule has 0 radical (unpaired) electrons. The molecule has 1 aliphatic rings. The van der Waals surface area contributed by atoms with Crippen LogP contribution in [0.1, 0.15) is 44.8 Å². The van der Waals surface area contributed by atoms with E-state index in [4.69, 9.17) is 4.74 Å². The third kappa shape index (κ3) is 4.68. The summed E-state index contributed by atoms with van der Waals surface area (Å²) >= 11 is 0. The smallest absolute Gasteiger partial charge is 0.417 e. The van der Waals surface area contributed by atoms with Crippen LogP contribution in [0.5, 0.6) is 0 Å². The van der Waals surface area contributed by atoms with E-state index < -0.39 is 30.1 Å². The molecule has 0 unspecified atom stereocenters. The third-order valence-corrected chi connectivity index (χ3v) is 5.43. The van der Waals surface area contributed by atoms with Gasteiger partial charge in [-0.2, -0.15) is 18.3 Å². The average Bonchev–Trinajstić information content (AvgIpc) is 3.42. The Hall–Kier alpha value is -4.02. The van der Waals surface area contributed by atoms with Crippen molar-refractivity contribution in [3.63, 3.8) is 0 Å². The summed E-state index contributed by atoms with van der Waals surface area (Å²) in [6, 6.07) is 8.48. The van der Waals surface area contributed by atoms with Gasteiger partial charge in [0.25, 0.3) is 0 Å². The number of esters is 1. The van der Waals surface area contributed by atoms with E-state index in [0.717, 1.165) is 18.6 Å². The number of carbonyl (C=O) groups is 3. The van der Waals surface area contributed by atoms with E-state index in [0.29, 0.717) is 36.1 Å². The van der Waals surface area contributed by atoms with Crippen LogP contribution >= 0.6 is 0 Å². The summed E-state index contributed by atoms with van der Waals surface area (Å²) in [6.07, 6.45) is -1.35. The first kappa shape index (κ1) is 23.1. The maximum atomic E-state index is 12.7. The molecule has 8 nitrogen and oxygen atoms in total. The molecule has 3 heterocycles. The molecule has 4 rings (SSSR count). The third-order valence-electron chi connectivity index (χ3n) is 5.43. The summed E-state index contributed by atoms with van der Waals surface area (Å²) < 4.78 is 44.5. The van der Waals surface area contributed by atoms with Crippen molar-refractivity contribution >= 4 is 23.3 Å². The maximum Gasteiger partial charge on any atom is 0.417 e. The van der Waals surface area contributed by atoms with Crippen LogP contribution in [-0.4, -0.2) is 45.6 Å². The number of amides is 1. The Labute approximate surface area is 192 Å². The standard InChI is InChI=1S/C23H19F3N4O4/c1-14-18(12-28-30(14)20-9-6-16(11-27-20)23(24,25)26)22(33)34-13-19(31)15-4-7-17(8-5-15)29-10-2-3-21(29)32/h4-9,11-12H,2-3,10,13H2,1H3. The van der Waals surface area contributed by atoms with E-state index in [9.17, 15) is 27.6 Å². The Morgan fingerprint density at radius 2 is 1.82 bits per heavy atom. The number of halogens is 3. The lowest BCUT2D eigenvalue weighted by atomic mass is 10.1. The van der Waals surface area contributed by atoms with Crippen molar-refractivity contribution in [1.29, 1.82) is 0 Å². The summed E-state index contributed by atoms with van der Waals surface area (Å²) in [5, 5.41) is 3.99. The van der Waals surface area contributed by atoms with Gasteiger partial charge in [-0.25, -0.2) is 14.5 Å². The van der Waals surface area contributed by atoms with E-state index in [1.807, 2.05) is 0 Å². The number of ether oxygens (including phenoxy) is 1. The van der Waals surface area contributed by atoms with Gasteiger partial charge in [0, 0.05) is 30.4 Å². The fourth-order valence-electron chi connectivity index (χ4n) is 3.56. The monoisotopic (exact) mass is 472 g/mol. The lowest BCUT2D eigenvalue weighted by Crippen LogP contribution is -2.23. The summed E-state index contributed by atoms with van der Waals surface area (Å²) in [5.41, 5.74) is 0.474. The van der Waals surface area contributed by atoms with Crippen LogP contribution in [0.2, 0.25) is 0 Å². The number of carbonyl (C=O) groups excluding carboxylic acids is 3. The molecule has 0 aliphatic carbocycles. The van der Waals surface area contributed by atoms with Gasteiger partial charge in [0.15, 0.2) is 18.2 Å². The van der Waals surface area contributed by atoms with Crippen molar-refractivity contribution in [2.75, 3.05) is 18.1 Å². The largest absolute Gasteiger partial charge is 0.454 e. The number of anilines is 1. The second kappa shape index (κ2) is 9.08. The Balaban J connectivity index is 1.39. The molecule has 1 aromatic carbocycles. The molecule has 0 spiro atoms. The predicted octanol–water partition coefficient (Wildman–Crippen LogP) is 3.76. The highest BCUT2D eigenvalue weighted by Gasteiger charge is 2.31. The van der Waals surface area contributed by atoms with Crippen molar-refractivity contribution in [3.05, 3.63) is 71.2 Å². The van der Waals surface area contributed by atoms with Crippen LogP contribution in [-0.2, 0) is 15.7 Å². The molecule has 2 aromatic heterocycles. The van der Waals surface area contributed by atoms with Crippen LogP contribution in [0.15, 0.2) is 48.8 Å². The first-order chi connectivity index (χ1) is 16.1. The second-order valence-electron chi connectivity index (χ2n) is 7.65. The van der Waals surface area contributed by atoms with E-state index in [-0.39, 0.29) is 17.3 Å². The Bertz CT molecular complexity index is 1230. The number of nitrogens with zero attached hydrogens (tertiary/aromatic N) is 4. The molecule has 176 valence electrons. The Morgan fingerprint density at radius 1 is 1.09 bits per heavy atom. The number of pyridine rings is 1. The minimum Gasteiger partial charge on any atom is -0.454 e. The SMILES string of the molecule is Cc1c(C(=O)OCC(=O)c2ccc(N3CCCC3=O)cc2)cnn1-c1ccc(C(F)(F)F)cn1. The normalized spacial score (nSPS) is 13.9. The topological polar surface area (TPSA) is 94.4 Å². The Morgan fingerprint density at radius 3 is 2.41 bits per heavy atom. The van der Waals surface area contributed by atoms with Crippen LogP contribution in [0, 0.1) is 6.92 Å². The summed E-state index contributed by atoms with van der Waals surface area (Å²) in [5.74, 6) is -1.10. The zero-order valence-electron chi connectivity index (χ0n) is 18.0. The highest BCUT2D eigenvalue weighted by atomic mass is 19.4. The quantitative estimate of drug-likeness (QED) is 0.401. The number of ketones is 1. The fourth-order valence-corrected chi connectivity index (χ4v) is 3.56. The molecule has 1 aliphatic heterocycles.